The van der Waals surface area contributed by atoms with Gasteiger partial charge in [0.05, 0.1) is 12.7 Å². The third kappa shape index (κ3) is 4.05. The maximum Gasteiger partial charge on any atom is 0.0785 e. The Morgan fingerprint density at radius 2 is 2.12 bits per heavy atom. The van der Waals surface area contributed by atoms with Gasteiger partial charge in [-0.05, 0) is 13.3 Å². The standard InChI is InChI=1S/C5H13NO2/c1-4(6)2-5(8)3-7/h4-5,7-8H,2-3,6H2,1H3/t4-,5-/m0/s1. The van der Waals surface area contributed by atoms with Gasteiger partial charge in [0, 0.05) is 6.04 Å². The molecule has 0 bridgehead atoms. The Labute approximate surface area is 49.1 Å². The Bertz CT molecular complexity index is 56.4. The summed E-state index contributed by atoms with van der Waals surface area (Å²) in [7, 11) is 0. The van der Waals surface area contributed by atoms with Gasteiger partial charge in [-0.3, -0.25) is 0 Å². The Morgan fingerprint density at radius 3 is 2.25 bits per heavy atom. The first-order valence-electron chi connectivity index (χ1n) is 2.71. The molecule has 3 nitrogen and oxygen atoms in total. The van der Waals surface area contributed by atoms with Crippen molar-refractivity contribution >= 4 is 0 Å². The molecule has 0 aromatic rings. The van der Waals surface area contributed by atoms with Crippen LogP contribution < -0.4 is 5.73 Å². The average Bonchev–Trinajstić information content (AvgIpc) is 1.65. The molecule has 3 heteroatoms. The summed E-state index contributed by atoms with van der Waals surface area (Å²) in [5.74, 6) is 0. The van der Waals surface area contributed by atoms with Crippen LogP contribution in [-0.2, 0) is 0 Å². The van der Waals surface area contributed by atoms with Crippen molar-refractivity contribution in [2.24, 2.45) is 5.73 Å². The molecule has 0 aliphatic rings. The molecule has 0 saturated heterocycles. The largest absolute Gasteiger partial charge is 0.394 e. The monoisotopic (exact) mass is 119 g/mol. The molecular weight excluding hydrogens is 106 g/mol. The summed E-state index contributed by atoms with van der Waals surface area (Å²) in [4.78, 5) is 0. The maximum absolute atomic E-state index is 8.70. The second kappa shape index (κ2) is 3.83. The highest BCUT2D eigenvalue weighted by Crippen LogP contribution is 1.92. The van der Waals surface area contributed by atoms with Crippen LogP contribution in [0.1, 0.15) is 13.3 Å². The second-order valence-corrected chi connectivity index (χ2v) is 2.05. The summed E-state index contributed by atoms with van der Waals surface area (Å²) >= 11 is 0. The molecule has 0 saturated carbocycles. The van der Waals surface area contributed by atoms with E-state index in [1.54, 1.807) is 6.92 Å². The Hall–Kier alpha value is -0.120. The third-order valence-electron chi connectivity index (χ3n) is 0.855. The van der Waals surface area contributed by atoms with E-state index in [0.29, 0.717) is 6.42 Å². The van der Waals surface area contributed by atoms with Crippen molar-refractivity contribution in [2.45, 2.75) is 25.5 Å². The van der Waals surface area contributed by atoms with Crippen molar-refractivity contribution in [1.82, 2.24) is 0 Å². The molecule has 50 valence electrons. The van der Waals surface area contributed by atoms with E-state index >= 15 is 0 Å². The van der Waals surface area contributed by atoms with Crippen molar-refractivity contribution in [3.8, 4) is 0 Å². The van der Waals surface area contributed by atoms with Gasteiger partial charge in [-0.15, -0.1) is 0 Å². The molecule has 0 aliphatic heterocycles. The molecule has 0 aromatic heterocycles. The van der Waals surface area contributed by atoms with Crippen LogP contribution in [0.15, 0.2) is 0 Å². The van der Waals surface area contributed by atoms with Crippen LogP contribution in [0.25, 0.3) is 0 Å². The molecule has 0 aliphatic carbocycles. The van der Waals surface area contributed by atoms with Gasteiger partial charge in [0.2, 0.25) is 0 Å². The van der Waals surface area contributed by atoms with Crippen LogP contribution >= 0.6 is 0 Å². The lowest BCUT2D eigenvalue weighted by molar-refractivity contribution is 0.0840. The highest BCUT2D eigenvalue weighted by Gasteiger charge is 2.03. The number of rotatable bonds is 3. The highest BCUT2D eigenvalue weighted by atomic mass is 16.3. The third-order valence-corrected chi connectivity index (χ3v) is 0.855. The molecule has 0 spiro atoms. The fraction of sp³-hybridized carbons (Fsp3) is 1.00. The van der Waals surface area contributed by atoms with Crippen molar-refractivity contribution in [2.75, 3.05) is 6.61 Å². The lowest BCUT2D eigenvalue weighted by atomic mass is 10.2. The minimum absolute atomic E-state index is 0.0304. The minimum Gasteiger partial charge on any atom is -0.394 e. The normalized spacial score (nSPS) is 18.0. The Kier molecular flexibility index (Phi) is 3.77. The zero-order valence-corrected chi connectivity index (χ0v) is 5.04. The summed E-state index contributed by atoms with van der Waals surface area (Å²) in [5, 5.41) is 17.0. The molecule has 4 N–H and O–H groups in total. The van der Waals surface area contributed by atoms with E-state index in [-0.39, 0.29) is 12.6 Å². The van der Waals surface area contributed by atoms with Crippen LogP contribution in [0.3, 0.4) is 0 Å². The van der Waals surface area contributed by atoms with E-state index < -0.39 is 6.10 Å². The van der Waals surface area contributed by atoms with Crippen molar-refractivity contribution < 1.29 is 10.2 Å². The van der Waals surface area contributed by atoms with Gasteiger partial charge in [0.15, 0.2) is 0 Å². The molecule has 0 rings (SSSR count). The maximum atomic E-state index is 8.70. The first kappa shape index (κ1) is 7.88. The molecule has 8 heavy (non-hydrogen) atoms. The van der Waals surface area contributed by atoms with Crippen molar-refractivity contribution in [1.29, 1.82) is 0 Å². The summed E-state index contributed by atoms with van der Waals surface area (Å²) in [5.41, 5.74) is 5.30. The average molecular weight is 119 g/mol. The topological polar surface area (TPSA) is 66.5 Å². The summed E-state index contributed by atoms with van der Waals surface area (Å²) in [6.07, 6.45) is -0.175. The van der Waals surface area contributed by atoms with E-state index in [2.05, 4.69) is 0 Å². The summed E-state index contributed by atoms with van der Waals surface area (Å²) < 4.78 is 0. The molecule has 0 amide bonds. The lowest BCUT2D eigenvalue weighted by Gasteiger charge is -2.08. The van der Waals surface area contributed by atoms with Crippen LogP contribution in [0.2, 0.25) is 0 Å². The molecule has 0 radical (unpaired) electrons. The number of aliphatic hydroxyl groups is 2. The zero-order chi connectivity index (χ0) is 6.57. The predicted octanol–water partition coefficient (Wildman–Crippen LogP) is -0.923. The Morgan fingerprint density at radius 1 is 1.62 bits per heavy atom. The van der Waals surface area contributed by atoms with Crippen molar-refractivity contribution in [3.05, 3.63) is 0 Å². The SMILES string of the molecule is C[C@H](N)C[C@H](O)CO. The second-order valence-electron chi connectivity index (χ2n) is 2.05. The first-order chi connectivity index (χ1) is 3.66. The van der Waals surface area contributed by atoms with Gasteiger partial charge in [-0.1, -0.05) is 0 Å². The van der Waals surface area contributed by atoms with Crippen molar-refractivity contribution in [3.63, 3.8) is 0 Å². The molecule has 0 unspecified atom stereocenters. The fourth-order valence-corrected chi connectivity index (χ4v) is 0.504. The van der Waals surface area contributed by atoms with E-state index in [1.165, 1.54) is 0 Å². The number of hydrogen-bond donors (Lipinski definition) is 3. The Balaban J connectivity index is 3.10. The molecule has 0 aromatic carbocycles. The molecule has 0 fully saturated rings. The highest BCUT2D eigenvalue weighted by molar-refractivity contribution is 4.60. The molecule has 0 heterocycles. The van der Waals surface area contributed by atoms with Gasteiger partial charge >= 0.3 is 0 Å². The molecule has 2 atom stereocenters. The van der Waals surface area contributed by atoms with Gasteiger partial charge in [0.25, 0.3) is 0 Å². The fourth-order valence-electron chi connectivity index (χ4n) is 0.504. The predicted molar refractivity (Wildman–Crippen MR) is 31.4 cm³/mol. The van der Waals surface area contributed by atoms with Crippen LogP contribution in [0.4, 0.5) is 0 Å². The number of nitrogens with two attached hydrogens (primary N) is 1. The zero-order valence-electron chi connectivity index (χ0n) is 5.04. The van der Waals surface area contributed by atoms with E-state index in [1.807, 2.05) is 0 Å². The minimum atomic E-state index is -0.644. The van der Waals surface area contributed by atoms with Gasteiger partial charge in [-0.25, -0.2) is 0 Å². The van der Waals surface area contributed by atoms with E-state index in [4.69, 9.17) is 15.9 Å². The summed E-state index contributed by atoms with van der Waals surface area (Å²) in [6.45, 7) is 1.60. The first-order valence-corrected chi connectivity index (χ1v) is 2.71. The quantitative estimate of drug-likeness (QED) is 0.450. The van der Waals surface area contributed by atoms with Crippen LogP contribution in [0, 0.1) is 0 Å². The van der Waals surface area contributed by atoms with Gasteiger partial charge in [0.1, 0.15) is 0 Å². The van der Waals surface area contributed by atoms with Crippen LogP contribution in [-0.4, -0.2) is 29.0 Å². The van der Waals surface area contributed by atoms with Gasteiger partial charge in [-0.2, -0.15) is 0 Å². The van der Waals surface area contributed by atoms with E-state index in [9.17, 15) is 0 Å². The molecular formula is C5H13NO2. The number of aliphatic hydroxyl groups excluding tert-OH is 2. The van der Waals surface area contributed by atoms with E-state index in [0.717, 1.165) is 0 Å². The number of hydrogen-bond acceptors (Lipinski definition) is 3. The van der Waals surface area contributed by atoms with Crippen LogP contribution in [0.5, 0.6) is 0 Å². The smallest absolute Gasteiger partial charge is 0.0785 e. The van der Waals surface area contributed by atoms with Gasteiger partial charge < -0.3 is 15.9 Å². The lowest BCUT2D eigenvalue weighted by Crippen LogP contribution is -2.24. The summed E-state index contributed by atoms with van der Waals surface area (Å²) in [6, 6.07) is -0.0304.